The fourth-order valence-electron chi connectivity index (χ4n) is 2.91. The van der Waals surface area contributed by atoms with Crippen molar-refractivity contribution < 1.29 is 9.53 Å². The SMILES string of the molecule is Cc1nn(C)c(C)c1C(=O)NCc1ccnc(N2CCOCC2)c1. The molecule has 2 aromatic rings. The maximum atomic E-state index is 12.5. The Morgan fingerprint density at radius 2 is 2.08 bits per heavy atom. The Balaban J connectivity index is 1.67. The number of pyridine rings is 1. The Kier molecular flexibility index (Phi) is 4.80. The van der Waals surface area contributed by atoms with Crippen molar-refractivity contribution in [1.82, 2.24) is 20.1 Å². The minimum Gasteiger partial charge on any atom is -0.378 e. The van der Waals surface area contributed by atoms with Crippen LogP contribution in [0.4, 0.5) is 5.82 Å². The molecule has 1 saturated heterocycles. The second-order valence-electron chi connectivity index (χ2n) is 5.97. The van der Waals surface area contributed by atoms with Gasteiger partial charge < -0.3 is 15.0 Å². The van der Waals surface area contributed by atoms with Gasteiger partial charge in [0.1, 0.15) is 5.82 Å². The van der Waals surface area contributed by atoms with Crippen LogP contribution >= 0.6 is 0 Å². The lowest BCUT2D eigenvalue weighted by molar-refractivity contribution is 0.0949. The molecule has 0 aromatic carbocycles. The van der Waals surface area contributed by atoms with E-state index in [1.54, 1.807) is 10.9 Å². The summed E-state index contributed by atoms with van der Waals surface area (Å²) in [5, 5.41) is 7.27. The van der Waals surface area contributed by atoms with Gasteiger partial charge in [0.05, 0.1) is 24.5 Å². The smallest absolute Gasteiger partial charge is 0.255 e. The van der Waals surface area contributed by atoms with E-state index in [4.69, 9.17) is 4.74 Å². The van der Waals surface area contributed by atoms with Gasteiger partial charge in [-0.2, -0.15) is 5.10 Å². The summed E-state index contributed by atoms with van der Waals surface area (Å²) in [7, 11) is 1.84. The molecule has 0 aliphatic carbocycles. The number of rotatable bonds is 4. The van der Waals surface area contributed by atoms with Crippen molar-refractivity contribution in [2.24, 2.45) is 7.05 Å². The van der Waals surface area contributed by atoms with E-state index in [2.05, 4.69) is 20.3 Å². The van der Waals surface area contributed by atoms with E-state index in [1.807, 2.05) is 33.0 Å². The van der Waals surface area contributed by atoms with Crippen LogP contribution in [0.25, 0.3) is 0 Å². The summed E-state index contributed by atoms with van der Waals surface area (Å²) in [6.45, 7) is 7.35. The first-order valence-corrected chi connectivity index (χ1v) is 8.12. The number of ether oxygens (including phenoxy) is 1. The minimum atomic E-state index is -0.0946. The number of nitrogens with one attached hydrogen (secondary N) is 1. The zero-order valence-electron chi connectivity index (χ0n) is 14.4. The molecule has 1 N–H and O–H groups in total. The molecular weight excluding hydrogens is 306 g/mol. The van der Waals surface area contributed by atoms with E-state index in [9.17, 15) is 4.79 Å². The first kappa shape index (κ1) is 16.4. The number of aromatic nitrogens is 3. The fourth-order valence-corrected chi connectivity index (χ4v) is 2.91. The molecule has 0 bridgehead atoms. The molecular formula is C17H23N5O2. The highest BCUT2D eigenvalue weighted by Gasteiger charge is 2.17. The lowest BCUT2D eigenvalue weighted by atomic mass is 10.1. The van der Waals surface area contributed by atoms with E-state index in [0.29, 0.717) is 12.1 Å². The predicted octanol–water partition coefficient (Wildman–Crippen LogP) is 1.20. The van der Waals surface area contributed by atoms with E-state index in [1.165, 1.54) is 0 Å². The Hall–Kier alpha value is -2.41. The molecule has 1 amide bonds. The van der Waals surface area contributed by atoms with Crippen molar-refractivity contribution in [3.05, 3.63) is 40.8 Å². The van der Waals surface area contributed by atoms with E-state index < -0.39 is 0 Å². The summed E-state index contributed by atoms with van der Waals surface area (Å²) >= 11 is 0. The number of aryl methyl sites for hydroxylation is 2. The van der Waals surface area contributed by atoms with Gasteiger partial charge in [-0.1, -0.05) is 0 Å². The number of morpholine rings is 1. The molecule has 7 heteroatoms. The van der Waals surface area contributed by atoms with Gasteiger partial charge in [-0.25, -0.2) is 4.98 Å². The molecule has 24 heavy (non-hydrogen) atoms. The third-order valence-electron chi connectivity index (χ3n) is 4.33. The predicted molar refractivity (Wildman–Crippen MR) is 91.1 cm³/mol. The lowest BCUT2D eigenvalue weighted by Gasteiger charge is -2.28. The molecule has 1 aliphatic heterocycles. The molecule has 128 valence electrons. The van der Waals surface area contributed by atoms with Gasteiger partial charge in [-0.05, 0) is 31.5 Å². The number of hydrogen-bond acceptors (Lipinski definition) is 5. The van der Waals surface area contributed by atoms with Gasteiger partial charge >= 0.3 is 0 Å². The number of hydrogen-bond donors (Lipinski definition) is 1. The Morgan fingerprint density at radius 3 is 2.75 bits per heavy atom. The zero-order chi connectivity index (χ0) is 17.1. The summed E-state index contributed by atoms with van der Waals surface area (Å²) in [6, 6.07) is 3.95. The van der Waals surface area contributed by atoms with Crippen molar-refractivity contribution >= 4 is 11.7 Å². The molecule has 1 aliphatic rings. The quantitative estimate of drug-likeness (QED) is 0.912. The molecule has 7 nitrogen and oxygen atoms in total. The van der Waals surface area contributed by atoms with Crippen LogP contribution < -0.4 is 10.2 Å². The number of carbonyl (C=O) groups excluding carboxylic acids is 1. The monoisotopic (exact) mass is 329 g/mol. The highest BCUT2D eigenvalue weighted by molar-refractivity contribution is 5.96. The second kappa shape index (κ2) is 7.00. The highest BCUT2D eigenvalue weighted by Crippen LogP contribution is 2.15. The Labute approximate surface area is 141 Å². The van der Waals surface area contributed by atoms with E-state index in [-0.39, 0.29) is 5.91 Å². The summed E-state index contributed by atoms with van der Waals surface area (Å²) in [5.74, 6) is 0.835. The molecule has 3 rings (SSSR count). The van der Waals surface area contributed by atoms with Crippen LogP contribution in [0.3, 0.4) is 0 Å². The summed E-state index contributed by atoms with van der Waals surface area (Å²) in [5.41, 5.74) is 3.30. The molecule has 2 aromatic heterocycles. The number of anilines is 1. The van der Waals surface area contributed by atoms with Crippen LogP contribution in [0.1, 0.15) is 27.3 Å². The van der Waals surface area contributed by atoms with Gasteiger partial charge in [0.15, 0.2) is 0 Å². The molecule has 0 atom stereocenters. The van der Waals surface area contributed by atoms with Gasteiger partial charge in [0, 0.05) is 38.6 Å². The molecule has 0 spiro atoms. The summed E-state index contributed by atoms with van der Waals surface area (Å²) in [4.78, 5) is 19.1. The van der Waals surface area contributed by atoms with Gasteiger partial charge in [0.2, 0.25) is 0 Å². The standard InChI is InChI=1S/C17H23N5O2/c1-12-16(13(2)21(3)20-12)17(23)19-11-14-4-5-18-15(10-14)22-6-8-24-9-7-22/h4-5,10H,6-9,11H2,1-3H3,(H,19,23). The topological polar surface area (TPSA) is 72.3 Å². The van der Waals surface area contributed by atoms with Crippen molar-refractivity contribution in [1.29, 1.82) is 0 Å². The summed E-state index contributed by atoms with van der Waals surface area (Å²) < 4.78 is 7.10. The van der Waals surface area contributed by atoms with Crippen LogP contribution in [0.5, 0.6) is 0 Å². The van der Waals surface area contributed by atoms with Crippen LogP contribution in [0.15, 0.2) is 18.3 Å². The van der Waals surface area contributed by atoms with Crippen LogP contribution in [-0.4, -0.2) is 47.0 Å². The number of nitrogens with zero attached hydrogens (tertiary/aromatic N) is 4. The molecule has 3 heterocycles. The van der Waals surface area contributed by atoms with E-state index >= 15 is 0 Å². The molecule has 0 unspecified atom stereocenters. The number of carbonyl (C=O) groups is 1. The van der Waals surface area contributed by atoms with Crippen molar-refractivity contribution in [2.75, 3.05) is 31.2 Å². The van der Waals surface area contributed by atoms with Gasteiger partial charge in [-0.15, -0.1) is 0 Å². The highest BCUT2D eigenvalue weighted by atomic mass is 16.5. The molecule has 1 fully saturated rings. The third-order valence-corrected chi connectivity index (χ3v) is 4.33. The van der Waals surface area contributed by atoms with Crippen LogP contribution in [-0.2, 0) is 18.3 Å². The average Bonchev–Trinajstić information content (AvgIpc) is 2.86. The first-order chi connectivity index (χ1) is 11.6. The van der Waals surface area contributed by atoms with Crippen molar-refractivity contribution in [3.8, 4) is 0 Å². The molecule has 0 radical (unpaired) electrons. The first-order valence-electron chi connectivity index (χ1n) is 8.12. The van der Waals surface area contributed by atoms with Crippen molar-refractivity contribution in [3.63, 3.8) is 0 Å². The van der Waals surface area contributed by atoms with E-state index in [0.717, 1.165) is 49.1 Å². The lowest BCUT2D eigenvalue weighted by Crippen LogP contribution is -2.36. The van der Waals surface area contributed by atoms with Crippen molar-refractivity contribution in [2.45, 2.75) is 20.4 Å². The fraction of sp³-hybridized carbons (Fsp3) is 0.471. The maximum absolute atomic E-state index is 12.5. The zero-order valence-corrected chi connectivity index (χ0v) is 14.4. The third kappa shape index (κ3) is 3.41. The van der Waals surface area contributed by atoms with Gasteiger partial charge in [-0.3, -0.25) is 9.48 Å². The normalized spacial score (nSPS) is 14.7. The summed E-state index contributed by atoms with van der Waals surface area (Å²) in [6.07, 6.45) is 1.78. The number of amides is 1. The van der Waals surface area contributed by atoms with Crippen LogP contribution in [0, 0.1) is 13.8 Å². The second-order valence-corrected chi connectivity index (χ2v) is 5.97. The maximum Gasteiger partial charge on any atom is 0.255 e. The van der Waals surface area contributed by atoms with Gasteiger partial charge in [0.25, 0.3) is 5.91 Å². The average molecular weight is 329 g/mol. The van der Waals surface area contributed by atoms with Crippen LogP contribution in [0.2, 0.25) is 0 Å². The Bertz CT molecular complexity index is 735. The molecule has 0 saturated carbocycles. The Morgan fingerprint density at radius 1 is 1.33 bits per heavy atom. The minimum absolute atomic E-state index is 0.0946. The largest absolute Gasteiger partial charge is 0.378 e.